The standard InChI is InChI=1S/C16H19F2N3/c1-10-4-2-3-5-12(10)13-14(20-21-15(13)19)11-6-8-16(17,18)9-7-11/h2-5,11H,6-9H2,1H3,(H3,19,20,21). The third-order valence-electron chi connectivity index (χ3n) is 4.36. The predicted molar refractivity (Wildman–Crippen MR) is 79.3 cm³/mol. The highest BCUT2D eigenvalue weighted by Crippen LogP contribution is 2.44. The molecule has 1 aromatic heterocycles. The summed E-state index contributed by atoms with van der Waals surface area (Å²) in [6.45, 7) is 2.01. The summed E-state index contributed by atoms with van der Waals surface area (Å²) < 4.78 is 26.7. The number of halogens is 2. The van der Waals surface area contributed by atoms with Gasteiger partial charge >= 0.3 is 0 Å². The number of nitrogens with one attached hydrogen (secondary N) is 1. The Kier molecular flexibility index (Phi) is 3.43. The van der Waals surface area contributed by atoms with E-state index in [1.54, 1.807) is 0 Å². The van der Waals surface area contributed by atoms with Crippen LogP contribution in [-0.2, 0) is 0 Å². The van der Waals surface area contributed by atoms with E-state index in [1.165, 1.54) is 0 Å². The van der Waals surface area contributed by atoms with Crippen LogP contribution in [0.3, 0.4) is 0 Å². The smallest absolute Gasteiger partial charge is 0.248 e. The number of nitrogens with zero attached hydrogens (tertiary/aromatic N) is 1. The fraction of sp³-hybridized carbons (Fsp3) is 0.438. The maximum atomic E-state index is 13.3. The number of hydrogen-bond donors (Lipinski definition) is 2. The molecule has 0 atom stereocenters. The molecule has 1 aliphatic rings. The number of aryl methyl sites for hydroxylation is 1. The lowest BCUT2D eigenvalue weighted by molar-refractivity contribution is -0.0384. The normalized spacial score (nSPS) is 18.8. The second-order valence-electron chi connectivity index (χ2n) is 5.84. The summed E-state index contributed by atoms with van der Waals surface area (Å²) in [6.07, 6.45) is 0.800. The summed E-state index contributed by atoms with van der Waals surface area (Å²) in [5, 5.41) is 7.09. The molecule has 2 aromatic rings. The second kappa shape index (κ2) is 5.13. The van der Waals surface area contributed by atoms with E-state index in [1.807, 2.05) is 31.2 Å². The zero-order chi connectivity index (χ0) is 15.0. The van der Waals surface area contributed by atoms with E-state index in [0.717, 1.165) is 22.4 Å². The van der Waals surface area contributed by atoms with Crippen LogP contribution < -0.4 is 5.73 Å². The van der Waals surface area contributed by atoms with Crippen LogP contribution in [0.2, 0.25) is 0 Å². The highest BCUT2D eigenvalue weighted by atomic mass is 19.3. The van der Waals surface area contributed by atoms with Gasteiger partial charge in [0.15, 0.2) is 5.82 Å². The van der Waals surface area contributed by atoms with Crippen LogP contribution in [0.4, 0.5) is 14.6 Å². The molecule has 1 heterocycles. The van der Waals surface area contributed by atoms with Crippen LogP contribution in [0.5, 0.6) is 0 Å². The lowest BCUT2D eigenvalue weighted by Gasteiger charge is -2.28. The molecule has 3 nitrogen and oxygen atoms in total. The van der Waals surface area contributed by atoms with E-state index in [0.29, 0.717) is 18.7 Å². The second-order valence-corrected chi connectivity index (χ2v) is 5.84. The van der Waals surface area contributed by atoms with E-state index in [4.69, 9.17) is 5.73 Å². The van der Waals surface area contributed by atoms with Gasteiger partial charge in [0.05, 0.1) is 0 Å². The first-order valence-electron chi connectivity index (χ1n) is 7.25. The zero-order valence-electron chi connectivity index (χ0n) is 12.0. The molecule has 0 unspecified atom stereocenters. The average Bonchev–Trinajstić information content (AvgIpc) is 2.81. The fourth-order valence-electron chi connectivity index (χ4n) is 3.13. The number of nitrogens with two attached hydrogens (primary N) is 1. The molecule has 0 saturated heterocycles. The van der Waals surface area contributed by atoms with Gasteiger partial charge in [-0.15, -0.1) is 0 Å². The van der Waals surface area contributed by atoms with Crippen molar-refractivity contribution < 1.29 is 8.78 Å². The first kappa shape index (κ1) is 14.0. The largest absolute Gasteiger partial charge is 0.382 e. The Morgan fingerprint density at radius 3 is 2.57 bits per heavy atom. The minimum atomic E-state index is -2.52. The van der Waals surface area contributed by atoms with Crippen molar-refractivity contribution in [2.75, 3.05) is 5.73 Å². The summed E-state index contributed by atoms with van der Waals surface area (Å²) in [5.41, 5.74) is 9.92. The lowest BCUT2D eigenvalue weighted by Crippen LogP contribution is -2.24. The van der Waals surface area contributed by atoms with Gasteiger partial charge in [0.2, 0.25) is 5.92 Å². The quantitative estimate of drug-likeness (QED) is 0.868. The molecule has 0 radical (unpaired) electrons. The Balaban J connectivity index is 1.97. The van der Waals surface area contributed by atoms with E-state index >= 15 is 0 Å². The monoisotopic (exact) mass is 291 g/mol. The molecule has 3 N–H and O–H groups in total. The molecule has 5 heteroatoms. The molecule has 1 fully saturated rings. The Hall–Kier alpha value is -1.91. The van der Waals surface area contributed by atoms with Crippen molar-refractivity contribution in [1.29, 1.82) is 0 Å². The third kappa shape index (κ3) is 2.64. The summed E-state index contributed by atoms with van der Waals surface area (Å²) in [5.74, 6) is -2.01. The molecule has 0 spiro atoms. The van der Waals surface area contributed by atoms with Gasteiger partial charge in [0.25, 0.3) is 0 Å². The molecule has 1 aliphatic carbocycles. The molecule has 112 valence electrons. The van der Waals surface area contributed by atoms with E-state index in [2.05, 4.69) is 10.2 Å². The lowest BCUT2D eigenvalue weighted by atomic mass is 9.82. The van der Waals surface area contributed by atoms with Crippen molar-refractivity contribution in [2.45, 2.75) is 44.4 Å². The first-order chi connectivity index (χ1) is 9.98. The Bertz CT molecular complexity index is 639. The van der Waals surface area contributed by atoms with Gasteiger partial charge in [0, 0.05) is 30.0 Å². The van der Waals surface area contributed by atoms with Gasteiger partial charge in [-0.1, -0.05) is 24.3 Å². The molecule has 0 aliphatic heterocycles. The summed E-state index contributed by atoms with van der Waals surface area (Å²) in [6, 6.07) is 7.93. The number of nitrogen functional groups attached to an aromatic ring is 1. The Morgan fingerprint density at radius 2 is 1.90 bits per heavy atom. The van der Waals surface area contributed by atoms with Gasteiger partial charge in [-0.3, -0.25) is 5.10 Å². The highest BCUT2D eigenvalue weighted by Gasteiger charge is 2.37. The number of aromatic nitrogens is 2. The number of alkyl halides is 2. The number of H-pyrrole nitrogens is 1. The summed E-state index contributed by atoms with van der Waals surface area (Å²) >= 11 is 0. The molecule has 1 saturated carbocycles. The highest BCUT2D eigenvalue weighted by molar-refractivity contribution is 5.78. The fourth-order valence-corrected chi connectivity index (χ4v) is 3.13. The SMILES string of the molecule is Cc1ccccc1-c1c(N)n[nH]c1C1CCC(F)(F)CC1. The zero-order valence-corrected chi connectivity index (χ0v) is 12.0. The number of benzene rings is 1. The summed E-state index contributed by atoms with van der Waals surface area (Å²) in [4.78, 5) is 0. The van der Waals surface area contributed by atoms with Gasteiger partial charge in [-0.25, -0.2) is 8.78 Å². The predicted octanol–water partition coefficient (Wildman–Crippen LogP) is 4.26. The van der Waals surface area contributed by atoms with Crippen LogP contribution in [0.15, 0.2) is 24.3 Å². The number of aromatic amines is 1. The van der Waals surface area contributed by atoms with Crippen molar-refractivity contribution in [1.82, 2.24) is 10.2 Å². The molecule has 0 bridgehead atoms. The van der Waals surface area contributed by atoms with E-state index in [9.17, 15) is 8.78 Å². The van der Waals surface area contributed by atoms with Crippen LogP contribution >= 0.6 is 0 Å². The molecular weight excluding hydrogens is 272 g/mol. The Morgan fingerprint density at radius 1 is 1.24 bits per heavy atom. The maximum Gasteiger partial charge on any atom is 0.248 e. The molecule has 21 heavy (non-hydrogen) atoms. The van der Waals surface area contributed by atoms with Crippen LogP contribution in [0.25, 0.3) is 11.1 Å². The topological polar surface area (TPSA) is 54.7 Å². The molecular formula is C16H19F2N3. The molecule has 1 aromatic carbocycles. The van der Waals surface area contributed by atoms with Crippen molar-refractivity contribution >= 4 is 5.82 Å². The number of hydrogen-bond acceptors (Lipinski definition) is 2. The molecule has 0 amide bonds. The van der Waals surface area contributed by atoms with Gasteiger partial charge < -0.3 is 5.73 Å². The minimum absolute atomic E-state index is 0.0657. The number of rotatable bonds is 2. The van der Waals surface area contributed by atoms with Gasteiger partial charge in [0.1, 0.15) is 0 Å². The third-order valence-corrected chi connectivity index (χ3v) is 4.36. The van der Waals surface area contributed by atoms with Crippen LogP contribution in [-0.4, -0.2) is 16.1 Å². The van der Waals surface area contributed by atoms with Gasteiger partial charge in [-0.05, 0) is 30.9 Å². The maximum absolute atomic E-state index is 13.3. The summed E-state index contributed by atoms with van der Waals surface area (Å²) in [7, 11) is 0. The van der Waals surface area contributed by atoms with Crippen LogP contribution in [0.1, 0.15) is 42.9 Å². The minimum Gasteiger partial charge on any atom is -0.382 e. The average molecular weight is 291 g/mol. The van der Waals surface area contributed by atoms with Crippen molar-refractivity contribution in [3.8, 4) is 11.1 Å². The number of anilines is 1. The van der Waals surface area contributed by atoms with E-state index < -0.39 is 5.92 Å². The van der Waals surface area contributed by atoms with Crippen molar-refractivity contribution in [2.24, 2.45) is 0 Å². The van der Waals surface area contributed by atoms with Crippen molar-refractivity contribution in [3.05, 3.63) is 35.5 Å². The van der Waals surface area contributed by atoms with Crippen LogP contribution in [0, 0.1) is 6.92 Å². The van der Waals surface area contributed by atoms with Crippen molar-refractivity contribution in [3.63, 3.8) is 0 Å². The van der Waals surface area contributed by atoms with Gasteiger partial charge in [-0.2, -0.15) is 5.10 Å². The molecule has 3 rings (SSSR count). The first-order valence-corrected chi connectivity index (χ1v) is 7.25. The van der Waals surface area contributed by atoms with E-state index in [-0.39, 0.29) is 18.8 Å². The Labute approximate surface area is 122 Å².